The van der Waals surface area contributed by atoms with E-state index in [1.165, 1.54) is 96.3 Å². The second-order valence-corrected chi connectivity index (χ2v) is 12.2. The van der Waals surface area contributed by atoms with Crippen LogP contribution in [-0.2, 0) is 23.8 Å². The van der Waals surface area contributed by atoms with E-state index in [-0.39, 0.29) is 25.2 Å². The molecule has 3 saturated carbocycles. The zero-order valence-corrected chi connectivity index (χ0v) is 22.5. The summed E-state index contributed by atoms with van der Waals surface area (Å²) in [6.45, 7) is 3.72. The van der Waals surface area contributed by atoms with Crippen LogP contribution >= 0.6 is 0 Å². The molecule has 3 aliphatic carbocycles. The van der Waals surface area contributed by atoms with Gasteiger partial charge in [0.1, 0.15) is 13.2 Å². The van der Waals surface area contributed by atoms with Crippen molar-refractivity contribution < 1.29 is 23.8 Å². The van der Waals surface area contributed by atoms with E-state index in [4.69, 9.17) is 14.2 Å². The minimum Gasteiger partial charge on any atom is -0.465 e. The molecule has 3 fully saturated rings. The van der Waals surface area contributed by atoms with Crippen molar-refractivity contribution in [1.29, 1.82) is 0 Å². The van der Waals surface area contributed by atoms with Gasteiger partial charge in [0.05, 0.1) is 12.0 Å². The van der Waals surface area contributed by atoms with E-state index >= 15 is 0 Å². The van der Waals surface area contributed by atoms with Crippen molar-refractivity contribution in [3.63, 3.8) is 0 Å². The van der Waals surface area contributed by atoms with Gasteiger partial charge in [-0.05, 0) is 43.4 Å². The molecule has 0 saturated heterocycles. The van der Waals surface area contributed by atoms with Gasteiger partial charge in [-0.25, -0.2) is 0 Å². The summed E-state index contributed by atoms with van der Waals surface area (Å²) in [4.78, 5) is 25.0. The minimum atomic E-state index is -0.504. The Bertz CT molecular complexity index is 562. The van der Waals surface area contributed by atoms with Crippen LogP contribution in [0.2, 0.25) is 0 Å². The topological polar surface area (TPSA) is 61.8 Å². The molecule has 0 radical (unpaired) electrons. The summed E-state index contributed by atoms with van der Waals surface area (Å²) in [5, 5.41) is 0. The number of hydrogen-bond donors (Lipinski definition) is 0. The van der Waals surface area contributed by atoms with Gasteiger partial charge < -0.3 is 14.2 Å². The van der Waals surface area contributed by atoms with E-state index in [1.807, 2.05) is 6.92 Å². The van der Waals surface area contributed by atoms with Gasteiger partial charge in [-0.15, -0.1) is 0 Å². The standard InChI is InChI=1S/C30H52O5/c1-30(22-33-21-27-15-9-4-10-16-27,23-34-28(31)19-17-25-11-5-2-6-12-25)24-35-29(32)20-18-26-13-7-3-8-14-26/h25-27H,2-24H2,1H3. The number of carbonyl (C=O) groups is 2. The molecule has 0 atom stereocenters. The molecule has 0 aliphatic heterocycles. The van der Waals surface area contributed by atoms with Crippen molar-refractivity contribution in [3.8, 4) is 0 Å². The third kappa shape index (κ3) is 11.7. The highest BCUT2D eigenvalue weighted by atomic mass is 16.6. The maximum Gasteiger partial charge on any atom is 0.305 e. The van der Waals surface area contributed by atoms with Gasteiger partial charge in [0, 0.05) is 19.4 Å². The molecular weight excluding hydrogens is 440 g/mol. The molecule has 0 aromatic carbocycles. The average Bonchev–Trinajstić information content (AvgIpc) is 2.90. The molecule has 5 heteroatoms. The Morgan fingerprint density at radius 2 is 1.00 bits per heavy atom. The van der Waals surface area contributed by atoms with Crippen molar-refractivity contribution in [2.24, 2.45) is 23.2 Å². The molecule has 3 aliphatic rings. The molecule has 5 nitrogen and oxygen atoms in total. The summed E-state index contributed by atoms with van der Waals surface area (Å²) in [6, 6.07) is 0. The first-order valence-corrected chi connectivity index (χ1v) is 14.9. The lowest BCUT2D eigenvalue weighted by Crippen LogP contribution is -2.36. The summed E-state index contributed by atoms with van der Waals surface area (Å²) >= 11 is 0. The summed E-state index contributed by atoms with van der Waals surface area (Å²) < 4.78 is 17.6. The molecule has 0 N–H and O–H groups in total. The number of ether oxygens (including phenoxy) is 3. The van der Waals surface area contributed by atoms with Crippen LogP contribution in [0.1, 0.15) is 129 Å². The monoisotopic (exact) mass is 492 g/mol. The van der Waals surface area contributed by atoms with E-state index in [9.17, 15) is 9.59 Å². The van der Waals surface area contributed by atoms with Gasteiger partial charge in [-0.2, -0.15) is 0 Å². The van der Waals surface area contributed by atoms with Crippen LogP contribution in [0.5, 0.6) is 0 Å². The zero-order chi connectivity index (χ0) is 24.8. The first-order chi connectivity index (χ1) is 17.0. The minimum absolute atomic E-state index is 0.127. The van der Waals surface area contributed by atoms with Crippen molar-refractivity contribution in [3.05, 3.63) is 0 Å². The number of esters is 2. The zero-order valence-electron chi connectivity index (χ0n) is 22.5. The van der Waals surface area contributed by atoms with Gasteiger partial charge in [0.15, 0.2) is 0 Å². The molecule has 3 rings (SSSR count). The smallest absolute Gasteiger partial charge is 0.305 e. The van der Waals surface area contributed by atoms with Gasteiger partial charge in [0.25, 0.3) is 0 Å². The molecule has 202 valence electrons. The first kappa shape index (κ1) is 28.5. The fourth-order valence-corrected chi connectivity index (χ4v) is 6.20. The summed E-state index contributed by atoms with van der Waals surface area (Å²) in [5.74, 6) is 1.72. The highest BCUT2D eigenvalue weighted by Gasteiger charge is 2.30. The van der Waals surface area contributed by atoms with Crippen LogP contribution in [0, 0.1) is 23.2 Å². The normalized spacial score (nSPS) is 21.1. The van der Waals surface area contributed by atoms with Crippen molar-refractivity contribution in [2.75, 3.05) is 26.4 Å². The number of hydrogen-bond acceptors (Lipinski definition) is 5. The maximum atomic E-state index is 12.5. The molecule has 0 amide bonds. The third-order valence-electron chi connectivity index (χ3n) is 8.65. The second kappa shape index (κ2) is 15.9. The van der Waals surface area contributed by atoms with Crippen molar-refractivity contribution in [2.45, 2.75) is 129 Å². The Morgan fingerprint density at radius 3 is 1.43 bits per heavy atom. The lowest BCUT2D eigenvalue weighted by Gasteiger charge is -2.30. The Hall–Kier alpha value is -1.10. The Labute approximate surface area is 214 Å². The SMILES string of the molecule is CC(COCC1CCCCC1)(COC(=O)CCC1CCCCC1)COC(=O)CCC1CCCCC1. The lowest BCUT2D eigenvalue weighted by atomic mass is 9.86. The quantitative estimate of drug-likeness (QED) is 0.236. The first-order valence-electron chi connectivity index (χ1n) is 14.9. The molecule has 0 spiro atoms. The third-order valence-corrected chi connectivity index (χ3v) is 8.65. The predicted octanol–water partition coefficient (Wildman–Crippen LogP) is 7.40. The van der Waals surface area contributed by atoms with Gasteiger partial charge >= 0.3 is 11.9 Å². The number of carbonyl (C=O) groups excluding carboxylic acids is 2. The van der Waals surface area contributed by atoms with Gasteiger partial charge in [0.2, 0.25) is 0 Å². The Morgan fingerprint density at radius 1 is 0.600 bits per heavy atom. The number of rotatable bonds is 14. The average molecular weight is 493 g/mol. The second-order valence-electron chi connectivity index (χ2n) is 12.2. The Kier molecular flexibility index (Phi) is 12.9. The van der Waals surface area contributed by atoms with Crippen LogP contribution in [-0.4, -0.2) is 38.4 Å². The fraction of sp³-hybridized carbons (Fsp3) is 0.933. The van der Waals surface area contributed by atoms with E-state index in [2.05, 4.69) is 0 Å². The van der Waals surface area contributed by atoms with Crippen molar-refractivity contribution >= 4 is 11.9 Å². The van der Waals surface area contributed by atoms with Crippen molar-refractivity contribution in [1.82, 2.24) is 0 Å². The highest BCUT2D eigenvalue weighted by molar-refractivity contribution is 5.70. The lowest BCUT2D eigenvalue weighted by molar-refractivity contribution is -0.157. The van der Waals surface area contributed by atoms with Crippen LogP contribution in [0.15, 0.2) is 0 Å². The fourth-order valence-electron chi connectivity index (χ4n) is 6.20. The molecule has 0 unspecified atom stereocenters. The van der Waals surface area contributed by atoms with Gasteiger partial charge in [-0.1, -0.05) is 90.4 Å². The van der Waals surface area contributed by atoms with Gasteiger partial charge in [-0.3, -0.25) is 9.59 Å². The largest absolute Gasteiger partial charge is 0.465 e. The van der Waals surface area contributed by atoms with Crippen LogP contribution in [0.25, 0.3) is 0 Å². The Balaban J connectivity index is 1.41. The summed E-state index contributed by atoms with van der Waals surface area (Å²) in [6.07, 6.45) is 22.1. The van der Waals surface area contributed by atoms with E-state index < -0.39 is 5.41 Å². The molecule has 0 bridgehead atoms. The summed E-state index contributed by atoms with van der Waals surface area (Å²) in [7, 11) is 0. The van der Waals surface area contributed by atoms with E-state index in [0.717, 1.165) is 19.4 Å². The maximum absolute atomic E-state index is 12.5. The molecule has 35 heavy (non-hydrogen) atoms. The van der Waals surface area contributed by atoms with E-state index in [0.29, 0.717) is 37.2 Å². The molecule has 0 aromatic heterocycles. The van der Waals surface area contributed by atoms with Crippen LogP contribution in [0.3, 0.4) is 0 Å². The molecule has 0 heterocycles. The van der Waals surface area contributed by atoms with E-state index in [1.54, 1.807) is 0 Å². The van der Waals surface area contributed by atoms with Crippen LogP contribution in [0.4, 0.5) is 0 Å². The summed E-state index contributed by atoms with van der Waals surface area (Å²) in [5.41, 5.74) is -0.504. The highest BCUT2D eigenvalue weighted by Crippen LogP contribution is 2.29. The molecule has 0 aromatic rings. The van der Waals surface area contributed by atoms with Crippen LogP contribution < -0.4 is 0 Å². The molecular formula is C30H52O5. The predicted molar refractivity (Wildman–Crippen MR) is 139 cm³/mol.